The van der Waals surface area contributed by atoms with E-state index in [4.69, 9.17) is 5.73 Å². The summed E-state index contributed by atoms with van der Waals surface area (Å²) in [6, 6.07) is 5.87. The number of rotatable bonds is 4. The van der Waals surface area contributed by atoms with Crippen molar-refractivity contribution in [2.45, 2.75) is 19.4 Å². The predicted molar refractivity (Wildman–Crippen MR) is 73.1 cm³/mol. The van der Waals surface area contributed by atoms with Crippen LogP contribution in [0, 0.1) is 3.57 Å². The Kier molecular flexibility index (Phi) is 4.66. The maximum Gasteiger partial charge on any atom is 0.0528 e. The van der Waals surface area contributed by atoms with Gasteiger partial charge in [0.05, 0.1) is 11.8 Å². The molecule has 0 bridgehead atoms. The molecule has 84 valence electrons. The summed E-state index contributed by atoms with van der Waals surface area (Å²) in [5, 5.41) is 9.21. The van der Waals surface area contributed by atoms with Crippen LogP contribution < -0.4 is 10.6 Å². The summed E-state index contributed by atoms with van der Waals surface area (Å²) >= 11 is 2.27. The standard InChI is InChI=1S/C11H17IN2O/c1-8(15)5-6-14(2)11-4-3-9(13)7-10(11)12/h3-4,7-8,15H,5-6,13H2,1-2H3. The van der Waals surface area contributed by atoms with Gasteiger partial charge in [0, 0.05) is 22.8 Å². The van der Waals surface area contributed by atoms with Crippen LogP contribution in [0.2, 0.25) is 0 Å². The smallest absolute Gasteiger partial charge is 0.0528 e. The largest absolute Gasteiger partial charge is 0.399 e. The second-order valence-electron chi connectivity index (χ2n) is 3.77. The highest BCUT2D eigenvalue weighted by atomic mass is 127. The zero-order valence-corrected chi connectivity index (χ0v) is 11.2. The fourth-order valence-corrected chi connectivity index (χ4v) is 2.28. The molecule has 0 aliphatic carbocycles. The fraction of sp³-hybridized carbons (Fsp3) is 0.455. The van der Waals surface area contributed by atoms with Gasteiger partial charge in [-0.3, -0.25) is 0 Å². The van der Waals surface area contributed by atoms with E-state index in [1.54, 1.807) is 0 Å². The average Bonchev–Trinajstić information content (AvgIpc) is 2.14. The van der Waals surface area contributed by atoms with Gasteiger partial charge in [-0.2, -0.15) is 0 Å². The third-order valence-electron chi connectivity index (χ3n) is 2.27. The van der Waals surface area contributed by atoms with Gasteiger partial charge in [0.1, 0.15) is 0 Å². The molecule has 1 aromatic rings. The molecule has 1 atom stereocenters. The SMILES string of the molecule is CC(O)CCN(C)c1ccc(N)cc1I. The van der Waals surface area contributed by atoms with Gasteiger partial charge >= 0.3 is 0 Å². The monoisotopic (exact) mass is 320 g/mol. The Hall–Kier alpha value is -0.490. The molecule has 0 amide bonds. The Balaban J connectivity index is 2.69. The maximum atomic E-state index is 9.21. The van der Waals surface area contributed by atoms with Crippen molar-refractivity contribution >= 4 is 34.0 Å². The topological polar surface area (TPSA) is 49.5 Å². The molecular formula is C11H17IN2O. The summed E-state index contributed by atoms with van der Waals surface area (Å²) in [7, 11) is 2.02. The van der Waals surface area contributed by atoms with Crippen molar-refractivity contribution in [3.63, 3.8) is 0 Å². The number of aliphatic hydroxyl groups is 1. The van der Waals surface area contributed by atoms with Gasteiger partial charge in [-0.05, 0) is 54.1 Å². The highest BCUT2D eigenvalue weighted by molar-refractivity contribution is 14.1. The fourth-order valence-electron chi connectivity index (χ4n) is 1.33. The number of hydrogen-bond acceptors (Lipinski definition) is 3. The lowest BCUT2D eigenvalue weighted by Gasteiger charge is -2.21. The van der Waals surface area contributed by atoms with Crippen molar-refractivity contribution in [1.29, 1.82) is 0 Å². The quantitative estimate of drug-likeness (QED) is 0.660. The lowest BCUT2D eigenvalue weighted by molar-refractivity contribution is 0.187. The maximum absolute atomic E-state index is 9.21. The molecule has 3 nitrogen and oxygen atoms in total. The average molecular weight is 320 g/mol. The van der Waals surface area contributed by atoms with Crippen LogP contribution in [-0.2, 0) is 0 Å². The Bertz CT molecular complexity index is 328. The first kappa shape index (κ1) is 12.6. The second-order valence-corrected chi connectivity index (χ2v) is 4.93. The van der Waals surface area contributed by atoms with Crippen molar-refractivity contribution in [1.82, 2.24) is 0 Å². The van der Waals surface area contributed by atoms with Crippen LogP contribution in [0.1, 0.15) is 13.3 Å². The third-order valence-corrected chi connectivity index (χ3v) is 3.13. The molecule has 0 saturated carbocycles. The number of benzene rings is 1. The first-order chi connectivity index (χ1) is 7.00. The van der Waals surface area contributed by atoms with Gasteiger partial charge in [-0.15, -0.1) is 0 Å². The summed E-state index contributed by atoms with van der Waals surface area (Å²) in [4.78, 5) is 2.13. The van der Waals surface area contributed by atoms with Crippen LogP contribution in [0.4, 0.5) is 11.4 Å². The predicted octanol–water partition coefficient (Wildman–Crippen LogP) is 2.08. The number of aliphatic hydroxyl groups excluding tert-OH is 1. The zero-order valence-electron chi connectivity index (χ0n) is 9.07. The van der Waals surface area contributed by atoms with E-state index in [0.717, 1.165) is 27.9 Å². The normalized spacial score (nSPS) is 12.5. The number of halogens is 1. The van der Waals surface area contributed by atoms with E-state index >= 15 is 0 Å². The zero-order chi connectivity index (χ0) is 11.4. The van der Waals surface area contributed by atoms with Gasteiger partial charge in [0.25, 0.3) is 0 Å². The van der Waals surface area contributed by atoms with Crippen molar-refractivity contribution < 1.29 is 5.11 Å². The Morgan fingerprint density at radius 3 is 2.73 bits per heavy atom. The first-order valence-corrected chi connectivity index (χ1v) is 6.03. The molecule has 0 aliphatic rings. The minimum absolute atomic E-state index is 0.251. The van der Waals surface area contributed by atoms with Crippen LogP contribution in [0.5, 0.6) is 0 Å². The summed E-state index contributed by atoms with van der Waals surface area (Å²) in [6.07, 6.45) is 0.524. The summed E-state index contributed by atoms with van der Waals surface area (Å²) < 4.78 is 1.14. The number of anilines is 2. The van der Waals surface area contributed by atoms with E-state index in [1.807, 2.05) is 32.2 Å². The molecule has 0 spiro atoms. The molecular weight excluding hydrogens is 303 g/mol. The minimum atomic E-state index is -0.251. The van der Waals surface area contributed by atoms with E-state index in [9.17, 15) is 5.11 Å². The molecule has 1 unspecified atom stereocenters. The Morgan fingerprint density at radius 1 is 1.53 bits per heavy atom. The molecule has 0 aromatic heterocycles. The summed E-state index contributed by atoms with van der Waals surface area (Å²) in [5.74, 6) is 0. The highest BCUT2D eigenvalue weighted by Gasteiger charge is 2.06. The van der Waals surface area contributed by atoms with Gasteiger partial charge in [-0.25, -0.2) is 0 Å². The molecule has 0 heterocycles. The van der Waals surface area contributed by atoms with Crippen LogP contribution in [0.3, 0.4) is 0 Å². The van der Waals surface area contributed by atoms with Gasteiger partial charge < -0.3 is 15.7 Å². The van der Waals surface area contributed by atoms with Gasteiger partial charge in [0.2, 0.25) is 0 Å². The van der Waals surface area contributed by atoms with E-state index in [1.165, 1.54) is 0 Å². The lowest BCUT2D eigenvalue weighted by Crippen LogP contribution is -2.22. The molecule has 15 heavy (non-hydrogen) atoms. The third kappa shape index (κ3) is 3.87. The number of nitrogens with two attached hydrogens (primary N) is 1. The molecule has 0 fully saturated rings. The van der Waals surface area contributed by atoms with Crippen molar-refractivity contribution in [2.24, 2.45) is 0 Å². The van der Waals surface area contributed by atoms with Crippen molar-refractivity contribution in [3.05, 3.63) is 21.8 Å². The number of nitrogen functional groups attached to an aromatic ring is 1. The van der Waals surface area contributed by atoms with Crippen molar-refractivity contribution in [3.8, 4) is 0 Å². The van der Waals surface area contributed by atoms with Gasteiger partial charge in [-0.1, -0.05) is 0 Å². The van der Waals surface area contributed by atoms with Crippen molar-refractivity contribution in [2.75, 3.05) is 24.2 Å². The molecule has 0 aliphatic heterocycles. The molecule has 0 saturated heterocycles. The van der Waals surface area contributed by atoms with E-state index in [2.05, 4.69) is 27.5 Å². The molecule has 4 heteroatoms. The highest BCUT2D eigenvalue weighted by Crippen LogP contribution is 2.23. The number of nitrogens with zero attached hydrogens (tertiary/aromatic N) is 1. The minimum Gasteiger partial charge on any atom is -0.399 e. The molecule has 1 rings (SSSR count). The summed E-state index contributed by atoms with van der Waals surface area (Å²) in [6.45, 7) is 2.65. The first-order valence-electron chi connectivity index (χ1n) is 4.95. The molecule has 3 N–H and O–H groups in total. The van der Waals surface area contributed by atoms with Crippen LogP contribution in [0.15, 0.2) is 18.2 Å². The second kappa shape index (κ2) is 5.55. The Morgan fingerprint density at radius 2 is 2.20 bits per heavy atom. The van der Waals surface area contributed by atoms with E-state index < -0.39 is 0 Å². The van der Waals surface area contributed by atoms with Crippen LogP contribution in [-0.4, -0.2) is 24.8 Å². The molecule has 0 radical (unpaired) electrons. The number of hydrogen-bond donors (Lipinski definition) is 2. The summed E-state index contributed by atoms with van der Waals surface area (Å²) in [5.41, 5.74) is 7.63. The lowest BCUT2D eigenvalue weighted by atomic mass is 10.2. The van der Waals surface area contributed by atoms with E-state index in [-0.39, 0.29) is 6.10 Å². The van der Waals surface area contributed by atoms with Gasteiger partial charge in [0.15, 0.2) is 0 Å². The van der Waals surface area contributed by atoms with Crippen LogP contribution >= 0.6 is 22.6 Å². The molecule has 1 aromatic carbocycles. The van der Waals surface area contributed by atoms with E-state index in [0.29, 0.717) is 0 Å². The Labute approximate surface area is 104 Å². The van der Waals surface area contributed by atoms with Crippen LogP contribution in [0.25, 0.3) is 0 Å².